The van der Waals surface area contributed by atoms with Gasteiger partial charge < -0.3 is 18.9 Å². The average molecular weight is 580 g/mol. The van der Waals surface area contributed by atoms with Crippen molar-refractivity contribution in [2.45, 2.75) is 44.1 Å². The molecule has 212 valence electrons. The van der Waals surface area contributed by atoms with Gasteiger partial charge in [0, 0.05) is 12.1 Å². The molecule has 0 unspecified atom stereocenters. The van der Waals surface area contributed by atoms with Crippen molar-refractivity contribution in [1.29, 1.82) is 0 Å². The van der Waals surface area contributed by atoms with Crippen molar-refractivity contribution in [3.8, 4) is 11.5 Å². The zero-order chi connectivity index (χ0) is 28.8. The molecule has 15 heteroatoms. The summed E-state index contributed by atoms with van der Waals surface area (Å²) in [6.45, 7) is 1.60. The number of ether oxygens (including phenoxy) is 2. The van der Waals surface area contributed by atoms with Gasteiger partial charge in [0.05, 0.1) is 39.2 Å². The first-order chi connectivity index (χ1) is 18.9. The van der Waals surface area contributed by atoms with Gasteiger partial charge in [-0.3, -0.25) is 14.2 Å². The monoisotopic (exact) mass is 579 g/mol. The van der Waals surface area contributed by atoms with Crippen LogP contribution >= 0.6 is 0 Å². The molecule has 2 aromatic carbocycles. The fraction of sp³-hybridized carbons (Fsp3) is 0.320. The number of carbonyl (C=O) groups is 1. The van der Waals surface area contributed by atoms with Gasteiger partial charge in [-0.25, -0.2) is 8.42 Å². The minimum atomic E-state index is -4.96. The largest absolute Gasteiger partial charge is 0.496 e. The Balaban J connectivity index is 1.43. The highest BCUT2D eigenvalue weighted by Crippen LogP contribution is 2.36. The zero-order valence-electron chi connectivity index (χ0n) is 21.6. The number of amides is 1. The zero-order valence-corrected chi connectivity index (χ0v) is 22.4. The highest BCUT2D eigenvalue weighted by atomic mass is 32.2. The van der Waals surface area contributed by atoms with Crippen LogP contribution in [0.4, 0.5) is 19.0 Å². The SMILES string of the molecule is CCc1ccc(OC)c(S(=O)(=O)Nc2noc3cc(Cn4ncc5c4CN(C(=O)C(F)(F)F)C5)cc(OC)c23)c1. The third kappa shape index (κ3) is 4.92. The smallest absolute Gasteiger partial charge is 0.471 e. The molecule has 5 rings (SSSR count). The average Bonchev–Trinajstić information content (AvgIpc) is 3.62. The standard InChI is InChI=1S/C25H24F3N5O6S/c1-4-14-5-6-18(37-2)21(9-14)40(35,36)31-23-22-19(38-3)7-15(8-20(22)39-30-23)11-33-17-13-32(12-16(17)10-29-33)24(34)25(26,27)28/h5-10H,4,11-13H2,1-3H3,(H,30,31). The summed E-state index contributed by atoms with van der Waals surface area (Å²) in [5.74, 6) is -1.59. The molecule has 3 heterocycles. The molecule has 40 heavy (non-hydrogen) atoms. The van der Waals surface area contributed by atoms with E-state index in [1.54, 1.807) is 24.3 Å². The maximum Gasteiger partial charge on any atom is 0.471 e. The number of nitrogens with zero attached hydrogens (tertiary/aromatic N) is 4. The van der Waals surface area contributed by atoms with Crippen LogP contribution in [0.5, 0.6) is 11.5 Å². The van der Waals surface area contributed by atoms with E-state index in [0.29, 0.717) is 28.1 Å². The summed E-state index contributed by atoms with van der Waals surface area (Å²) in [7, 11) is -1.37. The van der Waals surface area contributed by atoms with Crippen molar-refractivity contribution in [3.05, 3.63) is 58.9 Å². The van der Waals surface area contributed by atoms with Gasteiger partial charge in [-0.1, -0.05) is 18.1 Å². The van der Waals surface area contributed by atoms with Crippen LogP contribution in [-0.2, 0) is 40.9 Å². The molecular weight excluding hydrogens is 555 g/mol. The third-order valence-corrected chi connectivity index (χ3v) is 7.93. The summed E-state index contributed by atoms with van der Waals surface area (Å²) in [6, 6.07) is 8.09. The Kier molecular flexibility index (Phi) is 6.85. The Morgan fingerprint density at radius 2 is 1.85 bits per heavy atom. The lowest BCUT2D eigenvalue weighted by Gasteiger charge is -2.17. The second-order valence-corrected chi connectivity index (χ2v) is 10.7. The second kappa shape index (κ2) is 10.0. The van der Waals surface area contributed by atoms with Crippen LogP contribution in [0.1, 0.15) is 29.3 Å². The fourth-order valence-electron chi connectivity index (χ4n) is 4.58. The summed E-state index contributed by atoms with van der Waals surface area (Å²) in [5.41, 5.74) is 2.60. The molecule has 0 saturated carbocycles. The summed E-state index contributed by atoms with van der Waals surface area (Å²) < 4.78 is 85.3. The van der Waals surface area contributed by atoms with Gasteiger partial charge in [0.15, 0.2) is 11.4 Å². The van der Waals surface area contributed by atoms with Crippen molar-refractivity contribution < 1.29 is 40.4 Å². The number of aromatic nitrogens is 3. The van der Waals surface area contributed by atoms with Crippen LogP contribution in [0.2, 0.25) is 0 Å². The lowest BCUT2D eigenvalue weighted by molar-refractivity contribution is -0.186. The van der Waals surface area contributed by atoms with Crippen LogP contribution in [0.15, 0.2) is 45.9 Å². The van der Waals surface area contributed by atoms with E-state index in [2.05, 4.69) is 15.0 Å². The van der Waals surface area contributed by atoms with Gasteiger partial charge in [-0.2, -0.15) is 18.3 Å². The van der Waals surface area contributed by atoms with Crippen molar-refractivity contribution >= 4 is 32.7 Å². The summed E-state index contributed by atoms with van der Waals surface area (Å²) in [5, 5.41) is 8.42. The molecule has 0 radical (unpaired) electrons. The second-order valence-electron chi connectivity index (χ2n) is 9.08. The number of hydrogen-bond donors (Lipinski definition) is 1. The quantitative estimate of drug-likeness (QED) is 0.333. The Labute approximate surface area is 226 Å². The Hall–Kier alpha value is -4.27. The lowest BCUT2D eigenvalue weighted by atomic mass is 10.1. The highest BCUT2D eigenvalue weighted by molar-refractivity contribution is 7.92. The van der Waals surface area contributed by atoms with Crippen LogP contribution in [0, 0.1) is 0 Å². The van der Waals surface area contributed by atoms with E-state index in [9.17, 15) is 26.4 Å². The van der Waals surface area contributed by atoms with Gasteiger partial charge in [0.2, 0.25) is 0 Å². The Morgan fingerprint density at radius 3 is 2.52 bits per heavy atom. The number of benzene rings is 2. The molecule has 1 aliphatic rings. The number of alkyl halides is 3. The number of anilines is 1. The molecular formula is C25H24F3N5O6S. The Bertz CT molecular complexity index is 1710. The van der Waals surface area contributed by atoms with Gasteiger partial charge in [0.1, 0.15) is 21.8 Å². The van der Waals surface area contributed by atoms with Gasteiger partial charge in [0.25, 0.3) is 10.0 Å². The first kappa shape index (κ1) is 27.3. The molecule has 1 aliphatic heterocycles. The van der Waals surface area contributed by atoms with Crippen LogP contribution in [0.25, 0.3) is 11.0 Å². The number of nitrogens with one attached hydrogen (secondary N) is 1. The van der Waals surface area contributed by atoms with E-state index in [0.717, 1.165) is 5.56 Å². The van der Waals surface area contributed by atoms with Gasteiger partial charge in [-0.05, 0) is 41.8 Å². The summed E-state index contributed by atoms with van der Waals surface area (Å²) >= 11 is 0. The minimum Gasteiger partial charge on any atom is -0.496 e. The fourth-order valence-corrected chi connectivity index (χ4v) is 5.81. The molecule has 0 bridgehead atoms. The summed E-state index contributed by atoms with van der Waals surface area (Å²) in [4.78, 5) is 12.3. The molecule has 0 aliphatic carbocycles. The van der Waals surface area contributed by atoms with Crippen LogP contribution in [0.3, 0.4) is 0 Å². The molecule has 11 nitrogen and oxygen atoms in total. The van der Waals surface area contributed by atoms with E-state index >= 15 is 0 Å². The van der Waals surface area contributed by atoms with Crippen LogP contribution in [-0.4, -0.2) is 54.6 Å². The molecule has 4 aromatic rings. The Morgan fingerprint density at radius 1 is 1.10 bits per heavy atom. The maximum atomic E-state index is 13.3. The first-order valence-electron chi connectivity index (χ1n) is 12.0. The number of fused-ring (bicyclic) bond motifs is 2. The topological polar surface area (TPSA) is 129 Å². The number of methoxy groups -OCH3 is 2. The van der Waals surface area contributed by atoms with E-state index in [1.807, 2.05) is 6.92 Å². The molecule has 0 saturated heterocycles. The highest BCUT2D eigenvalue weighted by Gasteiger charge is 2.44. The third-order valence-electron chi connectivity index (χ3n) is 6.57. The number of halogens is 3. The van der Waals surface area contributed by atoms with Crippen molar-refractivity contribution in [3.63, 3.8) is 0 Å². The van der Waals surface area contributed by atoms with E-state index in [1.165, 1.54) is 31.2 Å². The number of aryl methyl sites for hydroxylation is 1. The van der Waals surface area contributed by atoms with E-state index in [4.69, 9.17) is 14.0 Å². The number of sulfonamides is 1. The number of hydrogen-bond acceptors (Lipinski definition) is 8. The number of carbonyl (C=O) groups excluding carboxylic acids is 1. The maximum absolute atomic E-state index is 13.3. The molecule has 0 atom stereocenters. The van der Waals surface area contributed by atoms with Crippen molar-refractivity contribution in [1.82, 2.24) is 19.8 Å². The van der Waals surface area contributed by atoms with Gasteiger partial charge in [-0.15, -0.1) is 0 Å². The van der Waals surface area contributed by atoms with Gasteiger partial charge >= 0.3 is 12.1 Å². The minimum absolute atomic E-state index is 0.0633. The number of rotatable bonds is 8. The molecule has 0 spiro atoms. The van der Waals surface area contributed by atoms with Crippen LogP contribution < -0.4 is 14.2 Å². The molecule has 1 N–H and O–H groups in total. The van der Waals surface area contributed by atoms with Crippen molar-refractivity contribution in [2.75, 3.05) is 18.9 Å². The first-order valence-corrected chi connectivity index (χ1v) is 13.5. The normalized spacial score (nSPS) is 13.5. The molecule has 0 fully saturated rings. The van der Waals surface area contributed by atoms with Crippen molar-refractivity contribution in [2.24, 2.45) is 0 Å². The predicted octanol–water partition coefficient (Wildman–Crippen LogP) is 3.86. The van der Waals surface area contributed by atoms with E-state index < -0.39 is 22.1 Å². The molecule has 2 aromatic heterocycles. The lowest BCUT2D eigenvalue weighted by Crippen LogP contribution is -2.37. The van der Waals surface area contributed by atoms with E-state index in [-0.39, 0.29) is 52.8 Å². The summed E-state index contributed by atoms with van der Waals surface area (Å²) in [6.07, 6.45) is -2.92. The molecule has 1 amide bonds. The predicted molar refractivity (Wildman–Crippen MR) is 135 cm³/mol.